The number of hydrogen-bond acceptors (Lipinski definition) is 4. The van der Waals surface area contributed by atoms with Gasteiger partial charge in [-0.15, -0.1) is 0 Å². The van der Waals surface area contributed by atoms with Crippen LogP contribution in [0.5, 0.6) is 0 Å². The van der Waals surface area contributed by atoms with Crippen molar-refractivity contribution in [1.29, 1.82) is 5.26 Å². The number of carbonyl (C=O) groups excluding carboxylic acids is 1. The number of nitrogens with zero attached hydrogens (tertiary/aromatic N) is 2. The number of nitriles is 1. The average molecular weight is 316 g/mol. The van der Waals surface area contributed by atoms with Gasteiger partial charge in [0.05, 0.1) is 22.6 Å². The quantitative estimate of drug-likeness (QED) is 0.671. The van der Waals surface area contributed by atoms with Gasteiger partial charge in [0.25, 0.3) is 0 Å². The van der Waals surface area contributed by atoms with Gasteiger partial charge in [0.15, 0.2) is 0 Å². The van der Waals surface area contributed by atoms with Crippen LogP contribution in [0.15, 0.2) is 47.0 Å². The molecule has 0 aliphatic carbocycles. The second-order valence-electron chi connectivity index (χ2n) is 4.76. The maximum Gasteiger partial charge on any atom is 0.416 e. The summed E-state index contributed by atoms with van der Waals surface area (Å²) in [7, 11) is 0. The first kappa shape index (κ1) is 14.8. The zero-order valence-corrected chi connectivity index (χ0v) is 11.4. The lowest BCUT2D eigenvalue weighted by atomic mass is 10.0. The van der Waals surface area contributed by atoms with Crippen LogP contribution in [0.4, 0.5) is 13.2 Å². The first-order chi connectivity index (χ1) is 10.9. The van der Waals surface area contributed by atoms with Gasteiger partial charge in [-0.25, -0.2) is 0 Å². The van der Waals surface area contributed by atoms with Crippen molar-refractivity contribution in [2.45, 2.75) is 6.18 Å². The van der Waals surface area contributed by atoms with E-state index in [9.17, 15) is 18.0 Å². The molecule has 0 fully saturated rings. The van der Waals surface area contributed by atoms with E-state index in [4.69, 9.17) is 9.78 Å². The monoisotopic (exact) mass is 316 g/mol. The van der Waals surface area contributed by atoms with E-state index in [1.165, 1.54) is 24.3 Å². The number of ketones is 1. The average Bonchev–Trinajstić information content (AvgIpc) is 2.96. The van der Waals surface area contributed by atoms with Crippen molar-refractivity contribution >= 4 is 16.7 Å². The van der Waals surface area contributed by atoms with E-state index in [0.29, 0.717) is 5.56 Å². The van der Waals surface area contributed by atoms with Crippen LogP contribution in [-0.2, 0) is 6.18 Å². The summed E-state index contributed by atoms with van der Waals surface area (Å²) in [5.41, 5.74) is -0.270. The van der Waals surface area contributed by atoms with Crippen LogP contribution in [0.1, 0.15) is 27.2 Å². The van der Waals surface area contributed by atoms with Crippen molar-refractivity contribution in [2.75, 3.05) is 0 Å². The fourth-order valence-electron chi connectivity index (χ4n) is 2.11. The molecule has 1 heterocycles. The summed E-state index contributed by atoms with van der Waals surface area (Å²) in [4.78, 5) is 12.4. The first-order valence-electron chi connectivity index (χ1n) is 6.41. The van der Waals surface area contributed by atoms with Gasteiger partial charge in [-0.2, -0.15) is 18.4 Å². The number of rotatable bonds is 2. The van der Waals surface area contributed by atoms with Crippen molar-refractivity contribution in [2.24, 2.45) is 0 Å². The summed E-state index contributed by atoms with van der Waals surface area (Å²) < 4.78 is 42.9. The van der Waals surface area contributed by atoms with Crippen molar-refractivity contribution in [3.63, 3.8) is 0 Å². The third kappa shape index (κ3) is 2.66. The fourth-order valence-corrected chi connectivity index (χ4v) is 2.11. The number of carbonyl (C=O) groups is 1. The maximum absolute atomic E-state index is 12.7. The molecule has 0 atom stereocenters. The highest BCUT2D eigenvalue weighted by molar-refractivity contribution is 6.14. The van der Waals surface area contributed by atoms with Gasteiger partial charge in [-0.05, 0) is 42.5 Å². The van der Waals surface area contributed by atoms with Crippen LogP contribution < -0.4 is 0 Å². The Morgan fingerprint density at radius 3 is 2.43 bits per heavy atom. The molecule has 114 valence electrons. The van der Waals surface area contributed by atoms with Crippen LogP contribution in [0.2, 0.25) is 0 Å². The van der Waals surface area contributed by atoms with Crippen LogP contribution in [-0.4, -0.2) is 10.9 Å². The molecule has 7 heteroatoms. The number of fused-ring (bicyclic) bond motifs is 1. The molecule has 0 saturated heterocycles. The first-order valence-corrected chi connectivity index (χ1v) is 6.41. The Bertz CT molecular complexity index is 935. The molecular formula is C16H7F3N2O2. The number of hydrogen-bond donors (Lipinski definition) is 0. The Kier molecular flexibility index (Phi) is 3.37. The van der Waals surface area contributed by atoms with E-state index in [1.54, 1.807) is 0 Å². The fraction of sp³-hybridized carbons (Fsp3) is 0.0625. The molecule has 4 nitrogen and oxygen atoms in total. The predicted octanol–water partition coefficient (Wildman–Crippen LogP) is 3.95. The van der Waals surface area contributed by atoms with Crippen LogP contribution in [0.3, 0.4) is 0 Å². The molecule has 23 heavy (non-hydrogen) atoms. The smallest absolute Gasteiger partial charge is 0.351 e. The Hall–Kier alpha value is -3.14. The minimum absolute atomic E-state index is 0.0446. The van der Waals surface area contributed by atoms with Gasteiger partial charge in [0.1, 0.15) is 5.52 Å². The third-order valence-electron chi connectivity index (χ3n) is 3.29. The Balaban J connectivity index is 2.03. The second kappa shape index (κ2) is 5.25. The molecule has 0 spiro atoms. The molecule has 3 rings (SSSR count). The molecule has 2 aromatic carbocycles. The van der Waals surface area contributed by atoms with Crippen molar-refractivity contribution in [3.05, 3.63) is 64.9 Å². The van der Waals surface area contributed by atoms with Crippen LogP contribution in [0, 0.1) is 11.3 Å². The maximum atomic E-state index is 12.7. The Morgan fingerprint density at radius 1 is 1.13 bits per heavy atom. The van der Waals surface area contributed by atoms with E-state index in [1.807, 2.05) is 6.07 Å². The van der Waals surface area contributed by atoms with E-state index >= 15 is 0 Å². The van der Waals surface area contributed by atoms with Gasteiger partial charge in [-0.3, -0.25) is 4.79 Å². The number of benzene rings is 2. The molecule has 0 bridgehead atoms. The van der Waals surface area contributed by atoms with Crippen molar-refractivity contribution in [1.82, 2.24) is 5.16 Å². The minimum atomic E-state index is -4.50. The van der Waals surface area contributed by atoms with Gasteiger partial charge >= 0.3 is 6.18 Å². The van der Waals surface area contributed by atoms with Gasteiger partial charge in [0, 0.05) is 5.56 Å². The van der Waals surface area contributed by atoms with E-state index in [0.717, 1.165) is 18.2 Å². The summed E-state index contributed by atoms with van der Waals surface area (Å²) in [6.45, 7) is 0. The molecule has 0 N–H and O–H groups in total. The highest BCUT2D eigenvalue weighted by atomic mass is 19.4. The van der Waals surface area contributed by atoms with Crippen molar-refractivity contribution in [3.8, 4) is 6.07 Å². The molecule has 3 aromatic rings. The SMILES string of the molecule is N#Cc1ccc(C(=O)c2onc3cc(C(F)(F)F)ccc23)cc1. The lowest BCUT2D eigenvalue weighted by Crippen LogP contribution is -2.04. The standard InChI is InChI=1S/C16H7F3N2O2/c17-16(18,19)11-5-6-12-13(7-11)21-23-15(12)14(22)10-3-1-9(8-20)2-4-10/h1-7H. The normalized spacial score (nSPS) is 11.4. The van der Waals surface area contributed by atoms with Gasteiger partial charge in [-0.1, -0.05) is 5.16 Å². The molecular weight excluding hydrogens is 309 g/mol. The topological polar surface area (TPSA) is 66.9 Å². The lowest BCUT2D eigenvalue weighted by molar-refractivity contribution is -0.137. The van der Waals surface area contributed by atoms with E-state index in [2.05, 4.69) is 5.16 Å². The van der Waals surface area contributed by atoms with Crippen LogP contribution in [0.25, 0.3) is 10.9 Å². The molecule has 0 amide bonds. The zero-order valence-electron chi connectivity index (χ0n) is 11.4. The number of alkyl halides is 3. The second-order valence-corrected chi connectivity index (χ2v) is 4.76. The van der Waals surface area contributed by atoms with Gasteiger partial charge in [0.2, 0.25) is 11.5 Å². The molecule has 0 unspecified atom stereocenters. The molecule has 0 saturated carbocycles. The largest absolute Gasteiger partial charge is 0.416 e. The van der Waals surface area contributed by atoms with Crippen molar-refractivity contribution < 1.29 is 22.5 Å². The van der Waals surface area contributed by atoms with Crippen LogP contribution >= 0.6 is 0 Å². The van der Waals surface area contributed by atoms with E-state index in [-0.39, 0.29) is 22.2 Å². The lowest BCUT2D eigenvalue weighted by Gasteiger charge is -2.05. The van der Waals surface area contributed by atoms with Gasteiger partial charge < -0.3 is 4.52 Å². The summed E-state index contributed by atoms with van der Waals surface area (Å²) >= 11 is 0. The molecule has 1 aromatic heterocycles. The minimum Gasteiger partial charge on any atom is -0.351 e. The molecule has 0 aliphatic heterocycles. The third-order valence-corrected chi connectivity index (χ3v) is 3.29. The summed E-state index contributed by atoms with van der Waals surface area (Å²) in [5, 5.41) is 12.5. The Morgan fingerprint density at radius 2 is 1.83 bits per heavy atom. The highest BCUT2D eigenvalue weighted by Crippen LogP contribution is 2.32. The van der Waals surface area contributed by atoms with E-state index < -0.39 is 17.5 Å². The summed E-state index contributed by atoms with van der Waals surface area (Å²) in [5.74, 6) is -0.657. The predicted molar refractivity (Wildman–Crippen MR) is 73.6 cm³/mol. The molecule has 0 aliphatic rings. The summed E-state index contributed by atoms with van der Waals surface area (Å²) in [6.07, 6.45) is -4.50. The molecule has 0 radical (unpaired) electrons. The Labute approximate surface area is 127 Å². The highest BCUT2D eigenvalue weighted by Gasteiger charge is 2.31. The zero-order chi connectivity index (χ0) is 16.6. The number of aromatic nitrogens is 1. The number of halogens is 3. The summed E-state index contributed by atoms with van der Waals surface area (Å²) in [6, 6.07) is 10.6.